The second kappa shape index (κ2) is 11.6. The van der Waals surface area contributed by atoms with Crippen LogP contribution in [-0.4, -0.2) is 78.0 Å². The second-order valence-corrected chi connectivity index (χ2v) is 3.77. The van der Waals surface area contributed by atoms with Crippen LogP contribution in [0.1, 0.15) is 0 Å². The maximum absolute atomic E-state index is 11.2. The molecular weight excluding hydrogens is 272 g/mol. The van der Waals surface area contributed by atoms with Gasteiger partial charge < -0.3 is 28.4 Å². The van der Waals surface area contributed by atoms with Gasteiger partial charge in [0.15, 0.2) is 0 Å². The minimum atomic E-state index is -0.467. The van der Waals surface area contributed by atoms with Crippen molar-refractivity contribution < 1.29 is 38.0 Å². The number of esters is 2. The summed E-state index contributed by atoms with van der Waals surface area (Å²) in [5, 5.41) is 0. The Morgan fingerprint density at radius 2 is 0.850 bits per heavy atom. The Hall–Kier alpha value is -1.22. The van der Waals surface area contributed by atoms with E-state index in [0.29, 0.717) is 26.4 Å². The number of hydrogen-bond acceptors (Lipinski definition) is 8. The van der Waals surface area contributed by atoms with E-state index in [9.17, 15) is 9.59 Å². The molecule has 0 unspecified atom stereocenters. The minimum Gasteiger partial charge on any atom is -0.462 e. The number of cyclic esters (lactones) is 2. The molecule has 0 aliphatic carbocycles. The maximum atomic E-state index is 11.2. The summed E-state index contributed by atoms with van der Waals surface area (Å²) in [5.41, 5.74) is 0. The molecule has 8 heteroatoms. The van der Waals surface area contributed by atoms with Gasteiger partial charge in [-0.25, -0.2) is 9.59 Å². The summed E-state index contributed by atoms with van der Waals surface area (Å²) in [7, 11) is 0. The molecule has 0 spiro atoms. The van der Waals surface area contributed by atoms with E-state index >= 15 is 0 Å². The highest BCUT2D eigenvalue weighted by atomic mass is 16.6. The average molecular weight is 292 g/mol. The molecule has 1 rings (SSSR count). The van der Waals surface area contributed by atoms with E-state index in [2.05, 4.69) is 0 Å². The number of rotatable bonds is 0. The van der Waals surface area contributed by atoms with Crippen LogP contribution in [0.15, 0.2) is 0 Å². The van der Waals surface area contributed by atoms with Crippen LogP contribution >= 0.6 is 0 Å². The van der Waals surface area contributed by atoms with Crippen molar-refractivity contribution in [2.75, 3.05) is 66.1 Å². The van der Waals surface area contributed by atoms with Crippen molar-refractivity contribution in [2.24, 2.45) is 0 Å². The summed E-state index contributed by atoms with van der Waals surface area (Å²) in [4.78, 5) is 22.4. The fraction of sp³-hybridized carbons (Fsp3) is 0.833. The van der Waals surface area contributed by atoms with Crippen molar-refractivity contribution in [1.29, 1.82) is 0 Å². The summed E-state index contributed by atoms with van der Waals surface area (Å²) in [6.45, 7) is 1.79. The third-order valence-corrected chi connectivity index (χ3v) is 2.17. The molecule has 0 aromatic heterocycles. The maximum Gasteiger partial charge on any atom is 0.332 e. The van der Waals surface area contributed by atoms with Crippen molar-refractivity contribution >= 4 is 11.9 Å². The zero-order valence-corrected chi connectivity index (χ0v) is 11.3. The Labute approximate surface area is 117 Å². The second-order valence-electron chi connectivity index (χ2n) is 3.77. The van der Waals surface area contributed by atoms with Crippen LogP contribution in [0.2, 0.25) is 0 Å². The normalized spacial score (nSPS) is 22.2. The zero-order valence-electron chi connectivity index (χ0n) is 11.3. The van der Waals surface area contributed by atoms with E-state index in [-0.39, 0.29) is 39.6 Å². The van der Waals surface area contributed by atoms with Crippen LogP contribution < -0.4 is 0 Å². The number of ether oxygens (including phenoxy) is 6. The molecule has 20 heavy (non-hydrogen) atoms. The lowest BCUT2D eigenvalue weighted by Gasteiger charge is -2.09. The van der Waals surface area contributed by atoms with E-state index in [1.807, 2.05) is 0 Å². The first-order valence-electron chi connectivity index (χ1n) is 6.41. The number of hydrogen-bond donors (Lipinski definition) is 0. The predicted octanol–water partition coefficient (Wildman–Crippen LogP) is -0.847. The molecule has 1 aliphatic heterocycles. The van der Waals surface area contributed by atoms with E-state index in [1.54, 1.807) is 0 Å². The lowest BCUT2D eigenvalue weighted by atomic mass is 10.6. The topological polar surface area (TPSA) is 89.5 Å². The van der Waals surface area contributed by atoms with Crippen LogP contribution in [0.5, 0.6) is 0 Å². The van der Waals surface area contributed by atoms with Gasteiger partial charge in [0.05, 0.1) is 39.6 Å². The van der Waals surface area contributed by atoms with Crippen molar-refractivity contribution in [1.82, 2.24) is 0 Å². The SMILES string of the molecule is O=C1COCCOCC(=O)OCCOCCOCCO1. The number of carbonyl (C=O) groups excluding carboxylic acids is 2. The van der Waals surface area contributed by atoms with Crippen LogP contribution in [0, 0.1) is 0 Å². The Bertz CT molecular complexity index is 253. The molecular formula is C12H20O8. The van der Waals surface area contributed by atoms with Crippen LogP contribution in [0.25, 0.3) is 0 Å². The highest BCUT2D eigenvalue weighted by molar-refractivity contribution is 5.71. The highest BCUT2D eigenvalue weighted by Gasteiger charge is 2.05. The van der Waals surface area contributed by atoms with Gasteiger partial charge in [-0.15, -0.1) is 0 Å². The molecule has 0 aromatic carbocycles. The molecule has 0 atom stereocenters. The highest BCUT2D eigenvalue weighted by Crippen LogP contribution is 1.88. The average Bonchev–Trinajstić information content (AvgIpc) is 2.43. The summed E-state index contributed by atoms with van der Waals surface area (Å²) in [6.07, 6.45) is 0. The van der Waals surface area contributed by atoms with E-state index < -0.39 is 11.9 Å². The Morgan fingerprint density at radius 3 is 1.30 bits per heavy atom. The largest absolute Gasteiger partial charge is 0.462 e. The van der Waals surface area contributed by atoms with E-state index in [1.165, 1.54) is 0 Å². The molecule has 0 amide bonds. The fourth-order valence-corrected chi connectivity index (χ4v) is 1.26. The van der Waals surface area contributed by atoms with Gasteiger partial charge in [-0.3, -0.25) is 0 Å². The zero-order chi connectivity index (χ0) is 14.5. The molecule has 0 N–H and O–H groups in total. The lowest BCUT2D eigenvalue weighted by Crippen LogP contribution is -2.21. The Kier molecular flexibility index (Phi) is 9.76. The van der Waals surface area contributed by atoms with Crippen molar-refractivity contribution in [3.8, 4) is 0 Å². The van der Waals surface area contributed by atoms with Gasteiger partial charge in [0.25, 0.3) is 0 Å². The minimum absolute atomic E-state index is 0.156. The monoisotopic (exact) mass is 292 g/mol. The van der Waals surface area contributed by atoms with Gasteiger partial charge in [0.1, 0.15) is 26.4 Å². The third kappa shape index (κ3) is 9.68. The van der Waals surface area contributed by atoms with Crippen LogP contribution in [-0.2, 0) is 38.0 Å². The quantitative estimate of drug-likeness (QED) is 0.534. The molecule has 0 bridgehead atoms. The van der Waals surface area contributed by atoms with Gasteiger partial charge in [-0.1, -0.05) is 0 Å². The van der Waals surface area contributed by atoms with Crippen LogP contribution in [0.3, 0.4) is 0 Å². The van der Waals surface area contributed by atoms with Crippen molar-refractivity contribution in [2.45, 2.75) is 0 Å². The molecule has 1 saturated heterocycles. The molecule has 116 valence electrons. The first-order chi connectivity index (χ1) is 9.79. The molecule has 0 aromatic rings. The van der Waals surface area contributed by atoms with Crippen molar-refractivity contribution in [3.05, 3.63) is 0 Å². The fourth-order valence-electron chi connectivity index (χ4n) is 1.26. The van der Waals surface area contributed by atoms with Gasteiger partial charge in [0, 0.05) is 0 Å². The standard InChI is InChI=1S/C12H20O8/c13-11-9-17-3-4-18-10-12(14)20-8-6-16-2-1-15-5-7-19-11/h1-10H2. The predicted molar refractivity (Wildman–Crippen MR) is 65.2 cm³/mol. The van der Waals surface area contributed by atoms with Gasteiger partial charge in [0.2, 0.25) is 0 Å². The molecule has 1 aliphatic rings. The van der Waals surface area contributed by atoms with Crippen molar-refractivity contribution in [3.63, 3.8) is 0 Å². The first kappa shape index (κ1) is 16.8. The molecule has 1 heterocycles. The van der Waals surface area contributed by atoms with Gasteiger partial charge in [-0.2, -0.15) is 0 Å². The molecule has 0 radical (unpaired) electrons. The summed E-state index contributed by atoms with van der Waals surface area (Å²) < 4.78 is 30.1. The van der Waals surface area contributed by atoms with Crippen LogP contribution in [0.4, 0.5) is 0 Å². The van der Waals surface area contributed by atoms with E-state index in [0.717, 1.165) is 0 Å². The Morgan fingerprint density at radius 1 is 0.500 bits per heavy atom. The Balaban J connectivity index is 2.19. The van der Waals surface area contributed by atoms with Gasteiger partial charge in [-0.05, 0) is 0 Å². The first-order valence-corrected chi connectivity index (χ1v) is 6.41. The van der Waals surface area contributed by atoms with E-state index in [4.69, 9.17) is 28.4 Å². The summed E-state index contributed by atoms with van der Waals surface area (Å²) in [5.74, 6) is -0.934. The number of carbonyl (C=O) groups is 2. The molecule has 0 saturated carbocycles. The third-order valence-electron chi connectivity index (χ3n) is 2.17. The smallest absolute Gasteiger partial charge is 0.332 e. The lowest BCUT2D eigenvalue weighted by molar-refractivity contribution is -0.155. The summed E-state index contributed by atoms with van der Waals surface area (Å²) in [6, 6.07) is 0. The molecule has 1 fully saturated rings. The van der Waals surface area contributed by atoms with Gasteiger partial charge >= 0.3 is 11.9 Å². The summed E-state index contributed by atoms with van der Waals surface area (Å²) >= 11 is 0. The molecule has 8 nitrogen and oxygen atoms in total.